The number of carbonyl (C=O) groups is 8. The number of fused-ring (bicyclic) bond motifs is 4. The number of anilines is 3. The van der Waals surface area contributed by atoms with Crippen molar-refractivity contribution in [2.75, 3.05) is 43.1 Å². The predicted octanol–water partition coefficient (Wildman–Crippen LogP) is 2.13. The summed E-state index contributed by atoms with van der Waals surface area (Å²) in [7, 11) is 0. The van der Waals surface area contributed by atoms with E-state index in [9.17, 15) is 47.8 Å². The van der Waals surface area contributed by atoms with Crippen molar-refractivity contribution < 1.29 is 94.0 Å². The number of ether oxygens (including phenoxy) is 5. The van der Waals surface area contributed by atoms with E-state index in [0.29, 0.717) is 30.5 Å². The number of hydrogen-bond donors (Lipinski definition) is 11. The summed E-state index contributed by atoms with van der Waals surface area (Å²) < 4.78 is 87.7. The lowest BCUT2D eigenvalue weighted by atomic mass is 9.92. The molecule has 5 aromatic heterocycles. The lowest BCUT2D eigenvalue weighted by molar-refractivity contribution is -0.132. The molecule has 1 saturated carbocycles. The summed E-state index contributed by atoms with van der Waals surface area (Å²) >= 11 is 9.66. The van der Waals surface area contributed by atoms with E-state index in [1.165, 1.54) is 51.7 Å². The number of ketones is 1. The number of nitrogen functional groups attached to an aromatic ring is 2. The molecule has 4 fully saturated rings. The van der Waals surface area contributed by atoms with Gasteiger partial charge in [0.05, 0.1) is 37.6 Å². The van der Waals surface area contributed by atoms with E-state index < -0.39 is 142 Å². The van der Waals surface area contributed by atoms with Gasteiger partial charge in [-0.05, 0) is 74.4 Å². The number of Topliss-reactive ketones (excluding diaryl/α,β-unsaturated/α-hetero) is 1. The second-order valence-corrected chi connectivity index (χ2v) is 29.9. The van der Waals surface area contributed by atoms with Crippen LogP contribution in [-0.2, 0) is 102 Å². The lowest BCUT2D eigenvalue weighted by Crippen LogP contribution is -2.55. The first-order valence-electron chi connectivity index (χ1n) is 31.8. The highest BCUT2D eigenvalue weighted by Crippen LogP contribution is 2.59. The van der Waals surface area contributed by atoms with E-state index in [0.717, 1.165) is 12.7 Å². The Kier molecular flexibility index (Phi) is 24.8. The maximum atomic E-state index is 16.6. The molecular formula is C57H75FN20O19P2S2. The van der Waals surface area contributed by atoms with E-state index in [1.807, 2.05) is 0 Å². The number of amides is 7. The molecule has 8 heterocycles. The van der Waals surface area contributed by atoms with Crippen LogP contribution in [0.3, 0.4) is 0 Å². The van der Waals surface area contributed by atoms with Crippen molar-refractivity contribution in [2.24, 2.45) is 11.7 Å². The summed E-state index contributed by atoms with van der Waals surface area (Å²) in [5.74, 6) is -2.74. The highest BCUT2D eigenvalue weighted by molar-refractivity contribution is 8.44. The van der Waals surface area contributed by atoms with Gasteiger partial charge in [0, 0.05) is 44.2 Å². The third-order valence-corrected chi connectivity index (χ3v) is 19.6. The molecule has 1 aromatic carbocycles. The average Bonchev–Trinajstić information content (AvgIpc) is 1.61. The molecule has 546 valence electrons. The Labute approximate surface area is 583 Å². The van der Waals surface area contributed by atoms with Crippen molar-refractivity contribution in [3.63, 3.8) is 0 Å². The monoisotopic (exact) mass is 1490 g/mol. The Bertz CT molecular complexity index is 4100. The predicted molar refractivity (Wildman–Crippen MR) is 355 cm³/mol. The van der Waals surface area contributed by atoms with Gasteiger partial charge < -0.3 is 82.2 Å². The van der Waals surface area contributed by atoms with Crippen LogP contribution >= 0.6 is 25.8 Å². The molecule has 6 aromatic rings. The first-order chi connectivity index (χ1) is 48.2. The number of nitrogens with two attached hydrogens (primary N) is 3. The maximum absolute atomic E-state index is 16.6. The topological polar surface area (TPSA) is 525 Å². The van der Waals surface area contributed by atoms with Crippen molar-refractivity contribution >= 4 is 125 Å². The summed E-state index contributed by atoms with van der Waals surface area (Å²) in [6, 6.07) is 2.31. The number of alkyl halides is 1. The average molecular weight is 1490 g/mol. The van der Waals surface area contributed by atoms with Crippen LogP contribution in [0.1, 0.15) is 95.9 Å². The molecule has 0 radical (unpaired) electrons. The molecular weight excluding hydrogens is 1410 g/mol. The number of nitrogens with zero attached hydrogens (tertiary/aromatic N) is 11. The minimum absolute atomic E-state index is 0.000736. The van der Waals surface area contributed by atoms with Gasteiger partial charge in [-0.1, -0.05) is 49.9 Å². The van der Waals surface area contributed by atoms with Crippen molar-refractivity contribution in [3.05, 3.63) is 67.0 Å². The summed E-state index contributed by atoms with van der Waals surface area (Å²) in [6.45, 7) is -6.12. The first kappa shape index (κ1) is 75.0. The van der Waals surface area contributed by atoms with Gasteiger partial charge >= 0.3 is 31.8 Å². The Morgan fingerprint density at radius 1 is 0.812 bits per heavy atom. The fraction of sp³-hybridized carbons (Fsp3) is 0.544. The number of alkyl carbamates (subject to hydrolysis) is 1. The molecule has 10 rings (SSSR count). The second kappa shape index (κ2) is 33.4. The molecule has 1 aliphatic carbocycles. The smallest absolute Gasteiger partial charge is 0.445 e. The molecule has 3 unspecified atom stereocenters. The van der Waals surface area contributed by atoms with E-state index in [-0.39, 0.29) is 116 Å². The third kappa shape index (κ3) is 19.7. The zero-order chi connectivity index (χ0) is 72.3. The van der Waals surface area contributed by atoms with Crippen LogP contribution < -0.4 is 49.1 Å². The largest absolute Gasteiger partial charge is 0.509 e. The Balaban J connectivity index is 0.749. The van der Waals surface area contributed by atoms with Gasteiger partial charge in [0.25, 0.3) is 0 Å². The highest BCUT2D eigenvalue weighted by Gasteiger charge is 2.55. The summed E-state index contributed by atoms with van der Waals surface area (Å²) in [5.41, 5.74) is 19.0. The number of halogens is 1. The number of rotatable bonds is 25. The fourth-order valence-corrected chi connectivity index (χ4v) is 14.3. The number of primary amides is 1. The second-order valence-electron chi connectivity index (χ2n) is 24.2. The minimum atomic E-state index is -4.62. The van der Waals surface area contributed by atoms with Crippen molar-refractivity contribution in [2.45, 2.75) is 165 Å². The Morgan fingerprint density at radius 3 is 2.16 bits per heavy atom. The number of carbonyl (C=O) groups excluding carboxylic acids is 8. The standard InChI is InChI=1S/C57H75FN20O19P2S2/c1-28(2)41(73-39(81)20-76-19-32(74-75-76)14-15-38(80)62-18-16-29(3)79)52(83)71-34(8-6-17-63-55(61)84)51(82)70-31-12-10-30(11-13-31)21-89-56(85)72-33-7-4-5-9-35(33)94-57(86)95-46-45-37(93-54(46)78-27-69-43-48(60)65-25-67-50(43)78)23-91-98(87,100)96-44-36(22-90-99(88,101)97-45)92-53(40(44)58)77-26-68-42-47(59)64-24-66-49(42)77/h10-13,19,24-28,33-37,40-41,44-46,53-54H,4-9,14-18,20-23H2,1-3H3,(H,62,80)(H,70,82)(H,71,83)(H,72,85)(H,73,81)(H,87,100)(H,88,101)(H2,59,64,66)(H2,60,65,67)(H3,61,63,84)/t33-,34+,35-,36-,37?,40-,41+,44-,45-,46-,53-,54-,98?,99?/m1/s1. The zero-order valence-corrected chi connectivity index (χ0v) is 57.9. The normalized spacial score (nSPS) is 25.8. The van der Waals surface area contributed by atoms with Crippen LogP contribution in [0.25, 0.3) is 22.3 Å². The molecule has 13 N–H and O–H groups in total. The number of imidazole rings is 2. The number of aromatic nitrogens is 11. The van der Waals surface area contributed by atoms with Crippen LogP contribution in [0.4, 0.5) is 36.1 Å². The van der Waals surface area contributed by atoms with Gasteiger partial charge in [0.15, 0.2) is 47.7 Å². The molecule has 101 heavy (non-hydrogen) atoms. The molecule has 14 atom stereocenters. The van der Waals surface area contributed by atoms with E-state index in [1.54, 1.807) is 26.0 Å². The van der Waals surface area contributed by atoms with Crippen LogP contribution in [0, 0.1) is 5.92 Å². The van der Waals surface area contributed by atoms with Gasteiger partial charge in [-0.3, -0.25) is 46.7 Å². The zero-order valence-electron chi connectivity index (χ0n) is 54.4. The van der Waals surface area contributed by atoms with Crippen molar-refractivity contribution in [1.29, 1.82) is 0 Å². The molecule has 0 bridgehead atoms. The molecule has 44 heteroatoms. The fourth-order valence-electron chi connectivity index (χ4n) is 11.4. The van der Waals surface area contributed by atoms with Crippen LogP contribution in [0.15, 0.2) is 55.8 Å². The van der Waals surface area contributed by atoms with Crippen LogP contribution in [-0.4, -0.2) is 194 Å². The van der Waals surface area contributed by atoms with Gasteiger partial charge in [0.2, 0.25) is 23.6 Å². The highest BCUT2D eigenvalue weighted by atomic mass is 32.7. The Morgan fingerprint density at radius 2 is 1.48 bits per heavy atom. The van der Waals surface area contributed by atoms with Gasteiger partial charge in [-0.15, -0.1) is 5.10 Å². The van der Waals surface area contributed by atoms with Crippen molar-refractivity contribution in [3.8, 4) is 0 Å². The summed E-state index contributed by atoms with van der Waals surface area (Å²) in [6.07, 6.45) is -7.64. The van der Waals surface area contributed by atoms with Crippen LogP contribution in [0.2, 0.25) is 0 Å². The molecule has 0 spiro atoms. The van der Waals surface area contributed by atoms with Gasteiger partial charge in [0.1, 0.15) is 85.2 Å². The Hall–Kier alpha value is -8.70. The molecule has 39 nitrogen and oxygen atoms in total. The molecule has 7 amide bonds. The number of aryl methyl sites for hydroxylation is 1. The lowest BCUT2D eigenvalue weighted by Gasteiger charge is -2.32. The van der Waals surface area contributed by atoms with Crippen molar-refractivity contribution in [1.82, 2.24) is 80.6 Å². The first-order valence-corrected chi connectivity index (χ1v) is 37.1. The van der Waals surface area contributed by atoms with E-state index >= 15 is 4.39 Å². The van der Waals surface area contributed by atoms with Gasteiger partial charge in [-0.25, -0.2) is 57.9 Å². The number of thiol groups is 1. The van der Waals surface area contributed by atoms with Crippen LogP contribution in [0.5, 0.6) is 0 Å². The molecule has 3 aliphatic heterocycles. The quantitative estimate of drug-likeness (QED) is 0.0169. The minimum Gasteiger partial charge on any atom is -0.445 e. The van der Waals surface area contributed by atoms with Gasteiger partial charge in [-0.2, -0.15) is 0 Å². The SMILES string of the molecule is CC(=O)CCNC(=O)CCc1cn(CC(=O)N[C@H](C(=O)N[C@@H](CCCNC(N)=O)C(=O)Nc2ccc(COC(=O)N[C@@H]3CCCC[C@H]3OC(=O)O[C@@H]3[C@@H]4OP(O)(=S)OC[C@H]5O[C@@H](n6cnc7c(N)ncnc76)[C@H](F)[C@@H]5OP(=O)(S)OCC4O[C@H]3n3cnc4c(N)ncnc43)cc2)C(C)C)nn1. The summed E-state index contributed by atoms with van der Waals surface area (Å²) in [4.78, 5) is 140. The number of benzene rings is 1. The van der Waals surface area contributed by atoms with E-state index in [2.05, 4.69) is 84.4 Å². The maximum Gasteiger partial charge on any atom is 0.509 e. The number of nitrogens with one attached hydrogen (secondary N) is 6. The third-order valence-electron chi connectivity index (χ3n) is 16.4. The molecule has 4 aliphatic rings. The summed E-state index contributed by atoms with van der Waals surface area (Å²) in [5, 5.41) is 24.0. The number of hydrogen-bond acceptors (Lipinski definition) is 29. The number of urea groups is 1. The molecule has 3 saturated heterocycles. The van der Waals surface area contributed by atoms with E-state index in [4.69, 9.17) is 70.8 Å².